The lowest BCUT2D eigenvalue weighted by atomic mass is 10.2. The molecule has 0 radical (unpaired) electrons. The summed E-state index contributed by atoms with van der Waals surface area (Å²) >= 11 is 0. The Morgan fingerprint density at radius 3 is 2.83 bits per heavy atom. The monoisotopic (exact) mass is 336 g/mol. The van der Waals surface area contributed by atoms with Crippen LogP contribution in [-0.4, -0.2) is 37.5 Å². The number of carbonyl (C=O) groups is 1. The maximum absolute atomic E-state index is 12.9. The van der Waals surface area contributed by atoms with Gasteiger partial charge in [0.1, 0.15) is 12.3 Å². The van der Waals surface area contributed by atoms with Crippen LogP contribution in [-0.2, 0) is 21.4 Å². The predicted molar refractivity (Wildman–Crippen MR) is 84.1 cm³/mol. The number of aromatic nitrogens is 2. The van der Waals surface area contributed by atoms with Gasteiger partial charge in [0.05, 0.1) is 24.8 Å². The van der Waals surface area contributed by atoms with Crippen molar-refractivity contribution in [3.63, 3.8) is 0 Å². The van der Waals surface area contributed by atoms with Crippen LogP contribution in [0.4, 0.5) is 11.4 Å². The van der Waals surface area contributed by atoms with E-state index >= 15 is 0 Å². The zero-order chi connectivity index (χ0) is 16.6. The fourth-order valence-corrected chi connectivity index (χ4v) is 3.70. The quantitative estimate of drug-likeness (QED) is 0.901. The Kier molecular flexibility index (Phi) is 3.72. The van der Waals surface area contributed by atoms with Gasteiger partial charge in [0.2, 0.25) is 5.91 Å². The second-order valence-electron chi connectivity index (χ2n) is 4.99. The van der Waals surface area contributed by atoms with Gasteiger partial charge in [0.15, 0.2) is 5.03 Å². The summed E-state index contributed by atoms with van der Waals surface area (Å²) < 4.78 is 33.6. The number of nitrogens with one attached hydrogen (secondary N) is 1. The summed E-state index contributed by atoms with van der Waals surface area (Å²) in [7, 11) is -2.45. The van der Waals surface area contributed by atoms with Gasteiger partial charge >= 0.3 is 0 Å². The van der Waals surface area contributed by atoms with E-state index in [0.29, 0.717) is 23.7 Å². The number of ether oxygens (including phenoxy) is 1. The largest absolute Gasteiger partial charge is 0.497 e. The van der Waals surface area contributed by atoms with Gasteiger partial charge in [-0.25, -0.2) is 4.98 Å². The van der Waals surface area contributed by atoms with Gasteiger partial charge in [-0.3, -0.25) is 9.10 Å². The van der Waals surface area contributed by atoms with Crippen LogP contribution in [0.5, 0.6) is 5.75 Å². The Balaban J connectivity index is 2.10. The van der Waals surface area contributed by atoms with Gasteiger partial charge in [0, 0.05) is 18.8 Å². The molecule has 1 aliphatic rings. The number of aryl methyl sites for hydroxylation is 1. The van der Waals surface area contributed by atoms with Crippen molar-refractivity contribution < 1.29 is 17.9 Å². The molecule has 0 fully saturated rings. The molecule has 1 N–H and O–H groups in total. The molecule has 2 heterocycles. The topological polar surface area (TPSA) is 93.5 Å². The minimum atomic E-state index is -3.94. The van der Waals surface area contributed by atoms with E-state index in [1.807, 2.05) is 6.92 Å². The van der Waals surface area contributed by atoms with E-state index < -0.39 is 15.9 Å². The number of carbonyl (C=O) groups excluding carboxylic acids is 1. The Hall–Kier alpha value is -2.55. The molecule has 1 aliphatic heterocycles. The van der Waals surface area contributed by atoms with E-state index in [9.17, 15) is 13.2 Å². The van der Waals surface area contributed by atoms with E-state index in [2.05, 4.69) is 10.3 Å². The molecule has 0 saturated heterocycles. The molecule has 23 heavy (non-hydrogen) atoms. The van der Waals surface area contributed by atoms with E-state index in [-0.39, 0.29) is 11.6 Å². The minimum absolute atomic E-state index is 0.0946. The van der Waals surface area contributed by atoms with Crippen molar-refractivity contribution in [2.24, 2.45) is 0 Å². The smallest absolute Gasteiger partial charge is 0.283 e. The third-order valence-electron chi connectivity index (χ3n) is 3.56. The third-order valence-corrected chi connectivity index (χ3v) is 5.21. The van der Waals surface area contributed by atoms with E-state index in [1.54, 1.807) is 22.8 Å². The highest BCUT2D eigenvalue weighted by Gasteiger charge is 2.34. The van der Waals surface area contributed by atoms with Crippen LogP contribution in [0.1, 0.15) is 6.92 Å². The zero-order valence-corrected chi connectivity index (χ0v) is 13.5. The van der Waals surface area contributed by atoms with Gasteiger partial charge in [-0.05, 0) is 19.1 Å². The van der Waals surface area contributed by atoms with Gasteiger partial charge in [-0.15, -0.1) is 0 Å². The maximum atomic E-state index is 12.9. The number of methoxy groups -OCH3 is 1. The Labute approximate surface area is 133 Å². The highest BCUT2D eigenvalue weighted by Crippen LogP contribution is 2.36. The van der Waals surface area contributed by atoms with Crippen molar-refractivity contribution in [1.29, 1.82) is 0 Å². The lowest BCUT2D eigenvalue weighted by Crippen LogP contribution is -2.42. The van der Waals surface area contributed by atoms with Crippen molar-refractivity contribution in [2.45, 2.75) is 18.5 Å². The van der Waals surface area contributed by atoms with Crippen molar-refractivity contribution >= 4 is 27.3 Å². The normalized spacial score (nSPS) is 14.3. The van der Waals surface area contributed by atoms with Crippen LogP contribution in [0.2, 0.25) is 0 Å². The van der Waals surface area contributed by atoms with Crippen molar-refractivity contribution in [3.05, 3.63) is 30.7 Å². The van der Waals surface area contributed by atoms with E-state index in [4.69, 9.17) is 4.74 Å². The van der Waals surface area contributed by atoms with E-state index in [1.165, 1.54) is 19.6 Å². The van der Waals surface area contributed by atoms with Crippen LogP contribution in [0.3, 0.4) is 0 Å². The molecule has 1 aromatic carbocycles. The number of rotatable bonds is 4. The van der Waals surface area contributed by atoms with Crippen molar-refractivity contribution in [3.8, 4) is 5.75 Å². The van der Waals surface area contributed by atoms with Gasteiger partial charge in [-0.2, -0.15) is 8.42 Å². The molecule has 9 heteroatoms. The number of sulfonamides is 1. The molecule has 8 nitrogen and oxygen atoms in total. The summed E-state index contributed by atoms with van der Waals surface area (Å²) in [5.74, 6) is 0.0975. The summed E-state index contributed by atoms with van der Waals surface area (Å²) in [6.45, 7) is 2.18. The molecule has 0 atom stereocenters. The standard InChI is InChI=1S/C14H16N4O4S/c1-3-17-8-14(15-9-17)23(20,21)18-7-13(19)16-11-5-4-10(22-2)6-12(11)18/h4-6,8-9H,3,7H2,1-2H3,(H,16,19). The molecule has 1 aromatic heterocycles. The SMILES string of the molecule is CCn1cnc(S(=O)(=O)N2CC(=O)Nc3ccc(OC)cc32)c1. The first-order chi connectivity index (χ1) is 11.0. The number of amides is 1. The van der Waals surface area contributed by atoms with Crippen LogP contribution in [0, 0.1) is 0 Å². The van der Waals surface area contributed by atoms with Crippen LogP contribution < -0.4 is 14.4 Å². The van der Waals surface area contributed by atoms with E-state index in [0.717, 1.165) is 4.31 Å². The molecule has 122 valence electrons. The first-order valence-corrected chi connectivity index (χ1v) is 8.42. The number of imidazole rings is 1. The number of hydrogen-bond donors (Lipinski definition) is 1. The van der Waals surface area contributed by atoms with Gasteiger partial charge < -0.3 is 14.6 Å². The molecule has 0 saturated carbocycles. The summed E-state index contributed by atoms with van der Waals surface area (Å²) in [4.78, 5) is 15.8. The zero-order valence-electron chi connectivity index (χ0n) is 12.7. The highest BCUT2D eigenvalue weighted by atomic mass is 32.2. The first kappa shape index (κ1) is 15.3. The summed E-state index contributed by atoms with van der Waals surface area (Å²) in [5.41, 5.74) is 0.774. The molecule has 2 aromatic rings. The number of anilines is 2. The average Bonchev–Trinajstić information content (AvgIpc) is 3.03. The van der Waals surface area contributed by atoms with Gasteiger partial charge in [0.25, 0.3) is 10.0 Å². The van der Waals surface area contributed by atoms with Crippen molar-refractivity contribution in [2.75, 3.05) is 23.3 Å². The fraction of sp³-hybridized carbons (Fsp3) is 0.286. The number of hydrogen-bond acceptors (Lipinski definition) is 5. The summed E-state index contributed by atoms with van der Waals surface area (Å²) in [6.07, 6.45) is 2.89. The molecule has 0 bridgehead atoms. The predicted octanol–water partition coefficient (Wildman–Crippen LogP) is 1.06. The maximum Gasteiger partial charge on any atom is 0.283 e. The molecule has 0 aliphatic carbocycles. The molecule has 0 unspecified atom stereocenters. The fourth-order valence-electron chi connectivity index (χ4n) is 2.33. The Morgan fingerprint density at radius 2 is 2.17 bits per heavy atom. The van der Waals surface area contributed by atoms with Crippen LogP contribution in [0.15, 0.2) is 35.7 Å². The molecular weight excluding hydrogens is 320 g/mol. The summed E-state index contributed by atoms with van der Waals surface area (Å²) in [6, 6.07) is 4.84. The Morgan fingerprint density at radius 1 is 1.39 bits per heavy atom. The summed E-state index contributed by atoms with van der Waals surface area (Å²) in [5, 5.41) is 2.56. The molecule has 0 spiro atoms. The minimum Gasteiger partial charge on any atom is -0.497 e. The lowest BCUT2D eigenvalue weighted by Gasteiger charge is -2.29. The third kappa shape index (κ3) is 2.63. The van der Waals surface area contributed by atoms with Crippen molar-refractivity contribution in [1.82, 2.24) is 9.55 Å². The lowest BCUT2D eigenvalue weighted by molar-refractivity contribution is -0.115. The molecular formula is C14H16N4O4S. The van der Waals surface area contributed by atoms with Crippen LogP contribution in [0.25, 0.3) is 0 Å². The number of fused-ring (bicyclic) bond motifs is 1. The molecule has 3 rings (SSSR count). The first-order valence-electron chi connectivity index (χ1n) is 6.98. The average molecular weight is 336 g/mol. The molecule has 1 amide bonds. The second kappa shape index (κ2) is 5.58. The number of benzene rings is 1. The second-order valence-corrected chi connectivity index (χ2v) is 6.79. The van der Waals surface area contributed by atoms with Crippen LogP contribution >= 0.6 is 0 Å². The highest BCUT2D eigenvalue weighted by molar-refractivity contribution is 7.92. The van der Waals surface area contributed by atoms with Gasteiger partial charge in [-0.1, -0.05) is 0 Å². The number of nitrogens with zero attached hydrogens (tertiary/aromatic N) is 3. The Bertz CT molecular complexity index is 859.